The lowest BCUT2D eigenvalue weighted by Gasteiger charge is -2.35. The van der Waals surface area contributed by atoms with E-state index in [0.717, 1.165) is 31.6 Å². The van der Waals surface area contributed by atoms with Crippen molar-refractivity contribution in [2.45, 2.75) is 45.3 Å². The van der Waals surface area contributed by atoms with Crippen molar-refractivity contribution in [2.24, 2.45) is 0 Å². The lowest BCUT2D eigenvalue weighted by Crippen LogP contribution is -2.46. The minimum absolute atomic E-state index is 0.0379. The van der Waals surface area contributed by atoms with E-state index < -0.39 is 5.60 Å². The molecule has 1 amide bonds. The summed E-state index contributed by atoms with van der Waals surface area (Å²) < 4.78 is 5.33. The summed E-state index contributed by atoms with van der Waals surface area (Å²) >= 11 is 0. The first-order valence-corrected chi connectivity index (χ1v) is 9.97. The van der Waals surface area contributed by atoms with E-state index in [1.54, 1.807) is 18.2 Å². The largest absolute Gasteiger partial charge is 0.444 e. The van der Waals surface area contributed by atoms with Crippen molar-refractivity contribution < 1.29 is 14.3 Å². The Morgan fingerprint density at radius 3 is 2.28 bits per heavy atom. The highest BCUT2D eigenvalue weighted by molar-refractivity contribution is 6.09. The maximum absolute atomic E-state index is 12.6. The van der Waals surface area contributed by atoms with E-state index in [9.17, 15) is 9.59 Å². The van der Waals surface area contributed by atoms with E-state index in [4.69, 9.17) is 10.5 Å². The van der Waals surface area contributed by atoms with Crippen molar-refractivity contribution in [2.75, 3.05) is 23.7 Å². The van der Waals surface area contributed by atoms with E-state index in [1.807, 2.05) is 51.1 Å². The molecule has 1 fully saturated rings. The van der Waals surface area contributed by atoms with Gasteiger partial charge in [0.1, 0.15) is 5.60 Å². The number of benzene rings is 2. The van der Waals surface area contributed by atoms with Gasteiger partial charge in [-0.3, -0.25) is 4.79 Å². The molecule has 154 valence electrons. The number of hydrogen-bond donors (Lipinski definition) is 2. The van der Waals surface area contributed by atoms with Crippen molar-refractivity contribution in [1.29, 1.82) is 0 Å². The number of ketones is 1. The van der Waals surface area contributed by atoms with Gasteiger partial charge in [-0.15, -0.1) is 0 Å². The van der Waals surface area contributed by atoms with Gasteiger partial charge in [0.15, 0.2) is 5.78 Å². The lowest BCUT2D eigenvalue weighted by molar-refractivity contribution is 0.0497. The minimum Gasteiger partial charge on any atom is -0.444 e. The van der Waals surface area contributed by atoms with E-state index in [1.165, 1.54) is 0 Å². The highest BCUT2D eigenvalue weighted by atomic mass is 16.6. The number of carbonyl (C=O) groups excluding carboxylic acids is 2. The van der Waals surface area contributed by atoms with Crippen LogP contribution in [-0.4, -0.2) is 36.6 Å². The molecule has 1 aliphatic rings. The number of nitrogens with zero attached hydrogens (tertiary/aromatic N) is 1. The molecule has 0 radical (unpaired) electrons. The number of piperidine rings is 1. The van der Waals surface area contributed by atoms with Crippen LogP contribution in [0.4, 0.5) is 16.2 Å². The SMILES string of the molecule is CC(C)(C)OC(=O)NC1CCN(c2ccc(C(=O)c3ccccc3)cc2N)CC1. The number of hydrogen-bond acceptors (Lipinski definition) is 5. The van der Waals surface area contributed by atoms with Crippen LogP contribution in [0.5, 0.6) is 0 Å². The summed E-state index contributed by atoms with van der Waals surface area (Å²) in [6.45, 7) is 7.10. The molecule has 0 aliphatic carbocycles. The van der Waals surface area contributed by atoms with Gasteiger partial charge >= 0.3 is 6.09 Å². The fraction of sp³-hybridized carbons (Fsp3) is 0.391. The molecule has 1 heterocycles. The van der Waals surface area contributed by atoms with Crippen LogP contribution in [0.25, 0.3) is 0 Å². The molecule has 29 heavy (non-hydrogen) atoms. The second-order valence-corrected chi connectivity index (χ2v) is 8.38. The molecule has 6 nitrogen and oxygen atoms in total. The Balaban J connectivity index is 1.60. The smallest absolute Gasteiger partial charge is 0.407 e. The molecule has 2 aromatic carbocycles. The number of amides is 1. The van der Waals surface area contributed by atoms with Gasteiger partial charge in [-0.2, -0.15) is 0 Å². The maximum atomic E-state index is 12.6. The van der Waals surface area contributed by atoms with Gasteiger partial charge in [0, 0.05) is 30.3 Å². The summed E-state index contributed by atoms with van der Waals surface area (Å²) in [5.41, 5.74) is 8.51. The molecule has 0 atom stereocenters. The normalized spacial score (nSPS) is 15.1. The van der Waals surface area contributed by atoms with Gasteiger partial charge < -0.3 is 20.7 Å². The van der Waals surface area contributed by atoms with Gasteiger partial charge in [0.05, 0.1) is 11.4 Å². The van der Waals surface area contributed by atoms with Crippen LogP contribution in [0, 0.1) is 0 Å². The number of carbonyl (C=O) groups is 2. The summed E-state index contributed by atoms with van der Waals surface area (Å²) in [7, 11) is 0. The number of nitrogen functional groups attached to an aromatic ring is 1. The van der Waals surface area contributed by atoms with Crippen molar-refractivity contribution in [1.82, 2.24) is 5.32 Å². The molecule has 0 unspecified atom stereocenters. The van der Waals surface area contributed by atoms with Gasteiger partial charge in [-0.05, 0) is 51.8 Å². The van der Waals surface area contributed by atoms with Crippen LogP contribution in [0.2, 0.25) is 0 Å². The monoisotopic (exact) mass is 395 g/mol. The third-order valence-corrected chi connectivity index (χ3v) is 4.88. The van der Waals surface area contributed by atoms with Crippen LogP contribution in [-0.2, 0) is 4.74 Å². The molecule has 1 saturated heterocycles. The van der Waals surface area contributed by atoms with Crippen molar-refractivity contribution in [3.05, 3.63) is 59.7 Å². The van der Waals surface area contributed by atoms with Crippen LogP contribution in [0.15, 0.2) is 48.5 Å². The third kappa shape index (κ3) is 5.50. The van der Waals surface area contributed by atoms with Gasteiger partial charge in [0.25, 0.3) is 0 Å². The van der Waals surface area contributed by atoms with Crippen molar-refractivity contribution in [3.63, 3.8) is 0 Å². The Morgan fingerprint density at radius 1 is 1.03 bits per heavy atom. The zero-order valence-electron chi connectivity index (χ0n) is 17.3. The zero-order valence-corrected chi connectivity index (χ0v) is 17.3. The van der Waals surface area contributed by atoms with Gasteiger partial charge in [0.2, 0.25) is 0 Å². The first kappa shape index (κ1) is 20.7. The Bertz CT molecular complexity index is 867. The van der Waals surface area contributed by atoms with Crippen LogP contribution >= 0.6 is 0 Å². The quantitative estimate of drug-likeness (QED) is 0.604. The number of ether oxygens (including phenoxy) is 1. The standard InChI is InChI=1S/C23H29N3O3/c1-23(2,3)29-22(28)25-18-11-13-26(14-12-18)20-10-9-17(15-19(20)24)21(27)16-7-5-4-6-8-16/h4-10,15,18H,11-14,24H2,1-3H3,(H,25,28). The van der Waals surface area contributed by atoms with Crippen LogP contribution in [0.1, 0.15) is 49.5 Å². The molecule has 1 aliphatic heterocycles. The van der Waals surface area contributed by atoms with Gasteiger partial charge in [-0.1, -0.05) is 30.3 Å². The van der Waals surface area contributed by atoms with Crippen molar-refractivity contribution in [3.8, 4) is 0 Å². The zero-order chi connectivity index (χ0) is 21.0. The Labute approximate surface area is 172 Å². The molecule has 0 spiro atoms. The average molecular weight is 396 g/mol. The second kappa shape index (κ2) is 8.55. The predicted molar refractivity (Wildman–Crippen MR) is 115 cm³/mol. The molecule has 3 rings (SSSR count). The fourth-order valence-corrected chi connectivity index (χ4v) is 3.48. The average Bonchev–Trinajstić information content (AvgIpc) is 2.67. The number of anilines is 2. The van der Waals surface area contributed by atoms with E-state index in [0.29, 0.717) is 16.8 Å². The number of nitrogens with two attached hydrogens (primary N) is 1. The number of alkyl carbamates (subject to hydrolysis) is 1. The predicted octanol–water partition coefficient (Wildman–Crippen LogP) is 3.99. The molecule has 0 bridgehead atoms. The van der Waals surface area contributed by atoms with E-state index >= 15 is 0 Å². The van der Waals surface area contributed by atoms with Gasteiger partial charge in [-0.25, -0.2) is 4.79 Å². The Hall–Kier alpha value is -3.02. The fourth-order valence-electron chi connectivity index (χ4n) is 3.48. The minimum atomic E-state index is -0.502. The highest BCUT2D eigenvalue weighted by Crippen LogP contribution is 2.28. The second-order valence-electron chi connectivity index (χ2n) is 8.38. The molecular weight excluding hydrogens is 366 g/mol. The molecule has 2 aromatic rings. The van der Waals surface area contributed by atoms with E-state index in [-0.39, 0.29) is 17.9 Å². The summed E-state index contributed by atoms with van der Waals surface area (Å²) in [4.78, 5) is 26.8. The Morgan fingerprint density at radius 2 is 1.69 bits per heavy atom. The summed E-state index contributed by atoms with van der Waals surface area (Å²) in [5, 5.41) is 2.94. The van der Waals surface area contributed by atoms with E-state index in [2.05, 4.69) is 10.2 Å². The highest BCUT2D eigenvalue weighted by Gasteiger charge is 2.24. The lowest BCUT2D eigenvalue weighted by atomic mass is 10.0. The molecule has 0 aromatic heterocycles. The third-order valence-electron chi connectivity index (χ3n) is 4.88. The molecule has 0 saturated carbocycles. The topological polar surface area (TPSA) is 84.7 Å². The van der Waals surface area contributed by atoms with Crippen molar-refractivity contribution >= 4 is 23.3 Å². The maximum Gasteiger partial charge on any atom is 0.407 e. The molecular formula is C23H29N3O3. The van der Waals surface area contributed by atoms with Crippen LogP contribution in [0.3, 0.4) is 0 Å². The number of nitrogens with one attached hydrogen (secondary N) is 1. The number of rotatable bonds is 4. The summed E-state index contributed by atoms with van der Waals surface area (Å²) in [6.07, 6.45) is 1.24. The molecule has 3 N–H and O–H groups in total. The molecule has 6 heteroatoms. The first-order valence-electron chi connectivity index (χ1n) is 9.97. The Kier molecular flexibility index (Phi) is 6.11. The van der Waals surface area contributed by atoms with Crippen LogP contribution < -0.4 is 16.0 Å². The summed E-state index contributed by atoms with van der Waals surface area (Å²) in [6, 6.07) is 14.7. The first-order chi connectivity index (χ1) is 13.7. The summed E-state index contributed by atoms with van der Waals surface area (Å²) in [5.74, 6) is -0.0379.